The van der Waals surface area contributed by atoms with Crippen molar-refractivity contribution in [3.8, 4) is 11.5 Å². The van der Waals surface area contributed by atoms with Gasteiger partial charge in [0.05, 0.1) is 16.0 Å². The van der Waals surface area contributed by atoms with Gasteiger partial charge in [-0.05, 0) is 38.1 Å². The Labute approximate surface area is 175 Å². The summed E-state index contributed by atoms with van der Waals surface area (Å²) in [6.07, 6.45) is 0. The normalized spacial score (nSPS) is 12.4. The van der Waals surface area contributed by atoms with Crippen LogP contribution in [0.3, 0.4) is 0 Å². The molecule has 0 aliphatic heterocycles. The van der Waals surface area contributed by atoms with Crippen molar-refractivity contribution in [2.75, 3.05) is 4.72 Å². The number of phenols is 2. The summed E-state index contributed by atoms with van der Waals surface area (Å²) < 4.78 is 52.3. The third-order valence-corrected chi connectivity index (χ3v) is 8.00. The first-order chi connectivity index (χ1) is 12.3. The molecule has 0 unspecified atom stereocenters. The van der Waals surface area contributed by atoms with Crippen molar-refractivity contribution in [2.45, 2.75) is 28.9 Å². The Morgan fingerprint density at radius 2 is 1.56 bits per heavy atom. The van der Waals surface area contributed by atoms with Crippen LogP contribution in [0.25, 0.3) is 0 Å². The zero-order valence-electron chi connectivity index (χ0n) is 13.9. The summed E-state index contributed by atoms with van der Waals surface area (Å²) in [5.74, 6) is -1.51. The maximum absolute atomic E-state index is 12.6. The third-order valence-electron chi connectivity index (χ3n) is 3.49. The van der Waals surface area contributed by atoms with E-state index in [1.165, 1.54) is 19.9 Å². The molecule has 2 aromatic carbocycles. The van der Waals surface area contributed by atoms with Gasteiger partial charge < -0.3 is 10.2 Å². The molecule has 0 saturated heterocycles. The highest BCUT2D eigenvalue weighted by Gasteiger charge is 2.28. The number of nitrogens with one attached hydrogen (secondary N) is 1. The van der Waals surface area contributed by atoms with Crippen molar-refractivity contribution >= 4 is 64.7 Å². The zero-order chi connectivity index (χ0) is 20.7. The van der Waals surface area contributed by atoms with Crippen LogP contribution in [0.4, 0.5) is 5.69 Å². The molecule has 0 radical (unpaired) electrons. The van der Waals surface area contributed by atoms with Gasteiger partial charge in [-0.15, -0.1) is 0 Å². The highest BCUT2D eigenvalue weighted by molar-refractivity contribution is 9.10. The molecule has 0 spiro atoms. The number of hydrogen-bond donors (Lipinski definition) is 3. The predicted molar refractivity (Wildman–Crippen MR) is 107 cm³/mol. The van der Waals surface area contributed by atoms with Crippen LogP contribution in [-0.2, 0) is 19.9 Å². The van der Waals surface area contributed by atoms with Gasteiger partial charge in [0, 0.05) is 9.50 Å². The number of hydrogen-bond acceptors (Lipinski definition) is 6. The first-order valence-electron chi connectivity index (χ1n) is 7.24. The molecule has 2 rings (SSSR count). The molecule has 0 aliphatic carbocycles. The Kier molecular flexibility index (Phi) is 6.27. The summed E-state index contributed by atoms with van der Waals surface area (Å²) in [5, 5.41) is 19.1. The number of aromatic hydroxyl groups is 2. The van der Waals surface area contributed by atoms with Gasteiger partial charge >= 0.3 is 0 Å². The van der Waals surface area contributed by atoms with Crippen LogP contribution in [-0.4, -0.2) is 32.3 Å². The quantitative estimate of drug-likeness (QED) is 0.511. The second kappa shape index (κ2) is 7.67. The summed E-state index contributed by atoms with van der Waals surface area (Å²) in [6.45, 7) is 2.81. The molecule has 2 aromatic rings. The first kappa shape index (κ1) is 22.1. The maximum atomic E-state index is 12.6. The van der Waals surface area contributed by atoms with Crippen molar-refractivity contribution in [1.29, 1.82) is 0 Å². The molecule has 0 bridgehead atoms. The van der Waals surface area contributed by atoms with Crippen LogP contribution in [0.1, 0.15) is 13.8 Å². The monoisotopic (exact) mass is 517 g/mol. The minimum Gasteiger partial charge on any atom is -0.505 e. The van der Waals surface area contributed by atoms with Crippen molar-refractivity contribution in [2.24, 2.45) is 0 Å². The van der Waals surface area contributed by atoms with E-state index in [4.69, 9.17) is 23.2 Å². The van der Waals surface area contributed by atoms with Crippen LogP contribution in [0.2, 0.25) is 10.0 Å². The highest BCUT2D eigenvalue weighted by atomic mass is 79.9. The molecule has 7 nitrogen and oxygen atoms in total. The van der Waals surface area contributed by atoms with E-state index >= 15 is 0 Å². The van der Waals surface area contributed by atoms with Crippen LogP contribution >= 0.6 is 39.1 Å². The molecular formula is C15H14BrCl2NO6S2. The number of benzene rings is 2. The van der Waals surface area contributed by atoms with E-state index in [9.17, 15) is 27.0 Å². The lowest BCUT2D eigenvalue weighted by molar-refractivity contribution is 0.457. The first-order valence-corrected chi connectivity index (χ1v) is 11.8. The number of anilines is 1. The minimum atomic E-state index is -4.44. The fraction of sp³-hybridized carbons (Fsp3) is 0.200. The van der Waals surface area contributed by atoms with Gasteiger partial charge in [0.25, 0.3) is 10.0 Å². The van der Waals surface area contributed by atoms with Crippen LogP contribution in [0, 0.1) is 0 Å². The minimum absolute atomic E-state index is 0.110. The van der Waals surface area contributed by atoms with Crippen LogP contribution in [0.15, 0.2) is 38.5 Å². The SMILES string of the molecule is CC(C)S(=O)(=O)c1cc(Cl)cc(NS(=O)(=O)c2cc(Br)cc(Cl)c2O)c1O. The Balaban J connectivity index is 2.63. The summed E-state index contributed by atoms with van der Waals surface area (Å²) in [6, 6.07) is 4.46. The predicted octanol–water partition coefficient (Wildman–Crippen LogP) is 4.15. The zero-order valence-corrected chi connectivity index (χ0v) is 18.6. The van der Waals surface area contributed by atoms with Crippen molar-refractivity contribution in [3.63, 3.8) is 0 Å². The van der Waals surface area contributed by atoms with Crippen molar-refractivity contribution < 1.29 is 27.0 Å². The Bertz CT molecular complexity index is 1120. The van der Waals surface area contributed by atoms with Gasteiger partial charge in [-0.1, -0.05) is 39.1 Å². The molecule has 12 heteroatoms. The van der Waals surface area contributed by atoms with Crippen LogP contribution < -0.4 is 4.72 Å². The molecule has 27 heavy (non-hydrogen) atoms. The van der Waals surface area contributed by atoms with E-state index < -0.39 is 52.1 Å². The summed E-state index contributed by atoms with van der Waals surface area (Å²) >= 11 is 14.8. The van der Waals surface area contributed by atoms with Gasteiger partial charge in [0.2, 0.25) is 0 Å². The molecule has 0 aromatic heterocycles. The summed E-state index contributed by atoms with van der Waals surface area (Å²) in [5.41, 5.74) is -0.461. The number of halogens is 3. The topological polar surface area (TPSA) is 121 Å². The fourth-order valence-electron chi connectivity index (χ4n) is 2.07. The lowest BCUT2D eigenvalue weighted by atomic mass is 10.3. The Morgan fingerprint density at radius 1 is 0.963 bits per heavy atom. The van der Waals surface area contributed by atoms with Crippen molar-refractivity contribution in [3.05, 3.63) is 38.8 Å². The number of sulfonamides is 1. The molecule has 0 heterocycles. The van der Waals surface area contributed by atoms with E-state index in [-0.39, 0.29) is 14.5 Å². The van der Waals surface area contributed by atoms with E-state index in [1.807, 2.05) is 4.72 Å². The van der Waals surface area contributed by atoms with Gasteiger partial charge in [-0.3, -0.25) is 4.72 Å². The van der Waals surface area contributed by atoms with Gasteiger partial charge in [-0.25, -0.2) is 16.8 Å². The van der Waals surface area contributed by atoms with Crippen molar-refractivity contribution in [1.82, 2.24) is 0 Å². The van der Waals surface area contributed by atoms with E-state index in [0.29, 0.717) is 0 Å². The molecular weight excluding hydrogens is 505 g/mol. The highest BCUT2D eigenvalue weighted by Crippen LogP contribution is 2.39. The molecule has 0 amide bonds. The Morgan fingerprint density at radius 3 is 2.11 bits per heavy atom. The summed E-state index contributed by atoms with van der Waals surface area (Å²) in [4.78, 5) is -1.09. The molecule has 0 fully saturated rings. The lowest BCUT2D eigenvalue weighted by Gasteiger charge is -2.16. The van der Waals surface area contributed by atoms with E-state index in [1.54, 1.807) is 0 Å². The standard InChI is InChI=1S/C15H14BrCl2NO6S2/c1-7(2)26(22,23)12-6-9(17)5-11(15(12)21)19-27(24,25)13-4-8(16)3-10(18)14(13)20/h3-7,19-21H,1-2H3. The molecule has 3 N–H and O–H groups in total. The average Bonchev–Trinajstić information content (AvgIpc) is 2.53. The Hall–Kier alpha value is -1.20. The molecule has 148 valence electrons. The third kappa shape index (κ3) is 4.45. The molecule has 0 saturated carbocycles. The number of sulfone groups is 1. The lowest BCUT2D eigenvalue weighted by Crippen LogP contribution is -2.17. The second-order valence-corrected chi connectivity index (χ2v) is 11.6. The molecule has 0 atom stereocenters. The summed E-state index contributed by atoms with van der Waals surface area (Å²) in [7, 11) is -8.38. The second-order valence-electron chi connectivity index (χ2n) is 5.73. The largest absolute Gasteiger partial charge is 0.505 e. The van der Waals surface area contributed by atoms with Crippen LogP contribution in [0.5, 0.6) is 11.5 Å². The van der Waals surface area contributed by atoms with Gasteiger partial charge in [-0.2, -0.15) is 0 Å². The fourth-order valence-corrected chi connectivity index (χ4v) is 5.75. The van der Waals surface area contributed by atoms with Gasteiger partial charge in [0.15, 0.2) is 21.3 Å². The number of rotatable bonds is 5. The van der Waals surface area contributed by atoms with Gasteiger partial charge in [0.1, 0.15) is 9.79 Å². The average molecular weight is 519 g/mol. The van der Waals surface area contributed by atoms with E-state index in [0.717, 1.165) is 18.2 Å². The number of phenolic OH excluding ortho intramolecular Hbond substituents is 2. The molecule has 0 aliphatic rings. The maximum Gasteiger partial charge on any atom is 0.265 e. The van der Waals surface area contributed by atoms with E-state index in [2.05, 4.69) is 15.9 Å². The smallest absolute Gasteiger partial charge is 0.265 e.